The fourth-order valence-electron chi connectivity index (χ4n) is 4.81. The Morgan fingerprint density at radius 3 is 2.05 bits per heavy atom. The zero-order chi connectivity index (χ0) is 15.3. The van der Waals surface area contributed by atoms with Gasteiger partial charge in [0.2, 0.25) is 0 Å². The lowest BCUT2D eigenvalue weighted by molar-refractivity contribution is -0.170. The normalized spacial score (nSPS) is 38.6. The van der Waals surface area contributed by atoms with E-state index in [1.54, 1.807) is 0 Å². The lowest BCUT2D eigenvalue weighted by atomic mass is 9.49. The van der Waals surface area contributed by atoms with Crippen molar-refractivity contribution in [1.82, 2.24) is 0 Å². The van der Waals surface area contributed by atoms with Crippen LogP contribution < -0.4 is 0 Å². The molecule has 0 spiro atoms. The Morgan fingerprint density at radius 1 is 1.19 bits per heavy atom. The van der Waals surface area contributed by atoms with E-state index in [2.05, 4.69) is 0 Å². The molecular formula is C14H19FO5S. The lowest BCUT2D eigenvalue weighted by Crippen LogP contribution is -2.50. The molecule has 0 heterocycles. The first-order valence-corrected chi connectivity index (χ1v) is 8.70. The van der Waals surface area contributed by atoms with Crippen LogP contribution in [0.1, 0.15) is 38.5 Å². The van der Waals surface area contributed by atoms with Gasteiger partial charge in [-0.2, -0.15) is 8.42 Å². The fraction of sp³-hybridized carbons (Fsp3) is 0.786. The van der Waals surface area contributed by atoms with Gasteiger partial charge in [-0.05, 0) is 56.3 Å². The molecule has 4 saturated carbocycles. The Labute approximate surface area is 123 Å². The zero-order valence-corrected chi connectivity index (χ0v) is 12.4. The van der Waals surface area contributed by atoms with Crippen molar-refractivity contribution < 1.29 is 26.9 Å². The first-order valence-electron chi connectivity index (χ1n) is 7.26. The molecule has 0 aromatic rings. The second-order valence-corrected chi connectivity index (χ2v) is 8.30. The van der Waals surface area contributed by atoms with E-state index in [1.807, 2.05) is 0 Å². The molecule has 0 atom stereocenters. The Kier molecular flexibility index (Phi) is 3.60. The summed E-state index contributed by atoms with van der Waals surface area (Å²) in [5.74, 6) is 1.23. The van der Waals surface area contributed by atoms with Gasteiger partial charge in [0, 0.05) is 0 Å². The average Bonchev–Trinajstić information content (AvgIpc) is 2.35. The number of esters is 1. The Balaban J connectivity index is 1.69. The summed E-state index contributed by atoms with van der Waals surface area (Å²) in [6, 6.07) is 0. The quantitative estimate of drug-likeness (QED) is 0.636. The minimum Gasteiger partial charge on any atom is -0.459 e. The van der Waals surface area contributed by atoms with Crippen molar-refractivity contribution in [3.8, 4) is 0 Å². The van der Waals surface area contributed by atoms with Crippen molar-refractivity contribution in [3.05, 3.63) is 11.2 Å². The van der Waals surface area contributed by atoms with Gasteiger partial charge < -0.3 is 4.74 Å². The van der Waals surface area contributed by atoms with Crippen molar-refractivity contribution in [2.45, 2.75) is 38.5 Å². The van der Waals surface area contributed by atoms with E-state index in [1.165, 1.54) is 19.3 Å². The zero-order valence-electron chi connectivity index (χ0n) is 11.6. The molecule has 0 aromatic heterocycles. The summed E-state index contributed by atoms with van der Waals surface area (Å²) >= 11 is 0. The highest BCUT2D eigenvalue weighted by Gasteiger charge is 2.55. The van der Waals surface area contributed by atoms with E-state index in [4.69, 9.17) is 9.29 Å². The SMILES string of the molecule is O=C(OC/C(=C\F)S(=O)(=O)O)C12CC3CC(CC(C3)C1)C2. The van der Waals surface area contributed by atoms with Gasteiger partial charge in [0.15, 0.2) is 0 Å². The highest BCUT2D eigenvalue weighted by molar-refractivity contribution is 7.89. The summed E-state index contributed by atoms with van der Waals surface area (Å²) in [7, 11) is -4.66. The van der Waals surface area contributed by atoms with E-state index in [-0.39, 0.29) is 6.33 Å². The van der Waals surface area contributed by atoms with Gasteiger partial charge in [0.1, 0.15) is 17.8 Å². The van der Waals surface area contributed by atoms with Crippen molar-refractivity contribution in [2.75, 3.05) is 6.61 Å². The van der Waals surface area contributed by atoms with E-state index in [9.17, 15) is 17.6 Å². The second-order valence-electron chi connectivity index (χ2n) is 6.82. The molecule has 4 aliphatic rings. The lowest BCUT2D eigenvalue weighted by Gasteiger charge is -2.55. The molecule has 5 nitrogen and oxygen atoms in total. The monoisotopic (exact) mass is 318 g/mol. The molecule has 0 unspecified atom stereocenters. The molecule has 0 aromatic carbocycles. The van der Waals surface area contributed by atoms with Crippen LogP contribution in [-0.2, 0) is 19.6 Å². The molecule has 4 aliphatic carbocycles. The van der Waals surface area contributed by atoms with Crippen LogP contribution in [0.4, 0.5) is 4.39 Å². The smallest absolute Gasteiger partial charge is 0.312 e. The van der Waals surface area contributed by atoms with E-state index < -0.39 is 33.0 Å². The molecule has 21 heavy (non-hydrogen) atoms. The summed E-state index contributed by atoms with van der Waals surface area (Å²) in [5.41, 5.74) is -0.518. The molecule has 4 bridgehead atoms. The van der Waals surface area contributed by atoms with Crippen LogP contribution in [0.2, 0.25) is 0 Å². The Bertz CT molecular complexity index is 545. The number of ether oxygens (including phenoxy) is 1. The molecule has 0 radical (unpaired) electrons. The molecule has 0 saturated heterocycles. The molecule has 0 aliphatic heterocycles. The van der Waals surface area contributed by atoms with E-state index >= 15 is 0 Å². The molecule has 7 heteroatoms. The molecule has 4 rings (SSSR count). The third-order valence-electron chi connectivity index (χ3n) is 5.27. The number of carbonyl (C=O) groups is 1. The van der Waals surface area contributed by atoms with Crippen molar-refractivity contribution in [3.63, 3.8) is 0 Å². The van der Waals surface area contributed by atoms with Gasteiger partial charge in [0.25, 0.3) is 10.1 Å². The van der Waals surface area contributed by atoms with Crippen molar-refractivity contribution >= 4 is 16.1 Å². The molecule has 118 valence electrons. The summed E-state index contributed by atoms with van der Waals surface area (Å²) in [4.78, 5) is 11.5. The third kappa shape index (κ3) is 2.73. The summed E-state index contributed by atoms with van der Waals surface area (Å²) in [5, 5.41) is 0. The number of rotatable bonds is 4. The van der Waals surface area contributed by atoms with Gasteiger partial charge in [-0.15, -0.1) is 0 Å². The first-order chi connectivity index (χ1) is 9.82. The molecule has 1 N–H and O–H groups in total. The number of carbonyl (C=O) groups excluding carboxylic acids is 1. The second kappa shape index (κ2) is 5.05. The Morgan fingerprint density at radius 2 is 1.67 bits per heavy atom. The van der Waals surface area contributed by atoms with Gasteiger partial charge in [-0.1, -0.05) is 0 Å². The molecule has 0 amide bonds. The number of halogens is 1. The first kappa shape index (κ1) is 15.0. The van der Waals surface area contributed by atoms with Crippen molar-refractivity contribution in [2.24, 2.45) is 23.2 Å². The van der Waals surface area contributed by atoms with Gasteiger partial charge in [-0.25, -0.2) is 4.39 Å². The van der Waals surface area contributed by atoms with Gasteiger partial charge in [0.05, 0.1) is 5.41 Å². The van der Waals surface area contributed by atoms with Crippen LogP contribution in [0.25, 0.3) is 0 Å². The predicted octanol–water partition coefficient (Wildman–Crippen LogP) is 2.44. The maximum Gasteiger partial charge on any atom is 0.312 e. The Hall–Kier alpha value is -0.950. The van der Waals surface area contributed by atoms with Crippen LogP contribution in [0.3, 0.4) is 0 Å². The topological polar surface area (TPSA) is 80.7 Å². The van der Waals surface area contributed by atoms with Crippen LogP contribution in [0.15, 0.2) is 11.2 Å². The van der Waals surface area contributed by atoms with Gasteiger partial charge in [-0.3, -0.25) is 9.35 Å². The minimum atomic E-state index is -4.66. The van der Waals surface area contributed by atoms with Crippen molar-refractivity contribution in [1.29, 1.82) is 0 Å². The summed E-state index contributed by atoms with van der Waals surface area (Å²) in [6.07, 6.45) is 5.66. The maximum absolute atomic E-state index is 12.5. The minimum absolute atomic E-state index is 0.234. The molecular weight excluding hydrogens is 299 g/mol. The van der Waals surface area contributed by atoms with Crippen LogP contribution in [0, 0.1) is 23.2 Å². The molecule has 4 fully saturated rings. The van der Waals surface area contributed by atoms with Crippen LogP contribution >= 0.6 is 0 Å². The van der Waals surface area contributed by atoms with E-state index in [0.717, 1.165) is 19.3 Å². The number of hydrogen-bond donors (Lipinski definition) is 1. The highest BCUT2D eigenvalue weighted by atomic mass is 32.2. The average molecular weight is 318 g/mol. The van der Waals surface area contributed by atoms with Crippen LogP contribution in [-0.4, -0.2) is 25.5 Å². The largest absolute Gasteiger partial charge is 0.459 e. The summed E-state index contributed by atoms with van der Waals surface area (Å²) in [6.45, 7) is -0.740. The summed E-state index contributed by atoms with van der Waals surface area (Å²) < 4.78 is 48.0. The standard InChI is InChI=1S/C14H19FO5S/c15-7-12(21(17,18)19)8-20-13(16)14-4-9-1-10(5-14)3-11(2-9)6-14/h7,9-11H,1-6,8H2,(H,17,18,19)/b12-7+. The highest BCUT2D eigenvalue weighted by Crippen LogP contribution is 2.60. The van der Waals surface area contributed by atoms with Crippen LogP contribution in [0.5, 0.6) is 0 Å². The van der Waals surface area contributed by atoms with Gasteiger partial charge >= 0.3 is 5.97 Å². The fourth-order valence-corrected chi connectivity index (χ4v) is 5.13. The van der Waals surface area contributed by atoms with E-state index in [0.29, 0.717) is 17.8 Å². The number of hydrogen-bond acceptors (Lipinski definition) is 4. The third-order valence-corrected chi connectivity index (χ3v) is 6.14. The predicted molar refractivity (Wildman–Crippen MR) is 72.3 cm³/mol. The maximum atomic E-state index is 12.5.